The summed E-state index contributed by atoms with van der Waals surface area (Å²) in [6.45, 7) is 5.98. The van der Waals surface area contributed by atoms with E-state index in [2.05, 4.69) is 39.0 Å². The van der Waals surface area contributed by atoms with E-state index in [1.54, 1.807) is 12.3 Å². The normalized spacial score (nSPS) is 24.6. The first kappa shape index (κ1) is 20.2. The van der Waals surface area contributed by atoms with Gasteiger partial charge in [-0.25, -0.2) is 4.39 Å². The monoisotopic (exact) mass is 422 g/mol. The van der Waals surface area contributed by atoms with Crippen LogP contribution in [0.25, 0.3) is 10.9 Å². The van der Waals surface area contributed by atoms with Gasteiger partial charge in [-0.2, -0.15) is 0 Å². The summed E-state index contributed by atoms with van der Waals surface area (Å²) in [5.74, 6) is -0.103. The summed E-state index contributed by atoms with van der Waals surface area (Å²) < 4.78 is 21.8. The highest BCUT2D eigenvalue weighted by atomic mass is 19.1. The lowest BCUT2D eigenvalue weighted by atomic mass is 9.83. The Morgan fingerprint density at radius 2 is 2.26 bits per heavy atom. The first-order valence-electron chi connectivity index (χ1n) is 10.9. The van der Waals surface area contributed by atoms with Gasteiger partial charge in [-0.3, -0.25) is 14.7 Å². The number of benzene rings is 1. The Balaban J connectivity index is 1.49. The Kier molecular flexibility index (Phi) is 5.24. The Labute approximate surface area is 181 Å². The smallest absolute Gasteiger partial charge is 0.222 e. The van der Waals surface area contributed by atoms with Crippen LogP contribution in [0.2, 0.25) is 0 Å². The van der Waals surface area contributed by atoms with Gasteiger partial charge in [0.1, 0.15) is 5.82 Å². The Hall–Kier alpha value is -2.77. The van der Waals surface area contributed by atoms with Crippen LogP contribution < -0.4 is 5.32 Å². The minimum atomic E-state index is -0.480. The van der Waals surface area contributed by atoms with Crippen molar-refractivity contribution in [1.82, 2.24) is 19.8 Å². The highest BCUT2D eigenvalue weighted by Gasteiger charge is 2.49. The summed E-state index contributed by atoms with van der Waals surface area (Å²) in [5, 5.41) is 4.36. The lowest BCUT2D eigenvalue weighted by Gasteiger charge is -2.34. The molecule has 0 aliphatic carbocycles. The van der Waals surface area contributed by atoms with Crippen molar-refractivity contribution in [2.45, 2.75) is 37.9 Å². The van der Waals surface area contributed by atoms with Crippen molar-refractivity contribution >= 4 is 16.8 Å². The molecule has 1 spiro atoms. The third-order valence-corrected chi connectivity index (χ3v) is 6.58. The molecular formula is C24H27FN4O2. The summed E-state index contributed by atoms with van der Waals surface area (Å²) in [5.41, 5.74) is 2.71. The van der Waals surface area contributed by atoms with Gasteiger partial charge in [0.2, 0.25) is 5.91 Å². The Morgan fingerprint density at radius 3 is 3.06 bits per heavy atom. The second-order valence-corrected chi connectivity index (χ2v) is 8.62. The molecule has 2 fully saturated rings. The highest BCUT2D eigenvalue weighted by molar-refractivity contribution is 5.84. The van der Waals surface area contributed by atoms with E-state index in [1.807, 2.05) is 18.3 Å². The zero-order valence-electron chi connectivity index (χ0n) is 17.7. The number of nitrogens with one attached hydrogen (secondary N) is 1. The molecule has 1 amide bonds. The van der Waals surface area contributed by atoms with Crippen LogP contribution in [0.1, 0.15) is 30.4 Å². The van der Waals surface area contributed by atoms with Crippen LogP contribution in [0.5, 0.6) is 0 Å². The van der Waals surface area contributed by atoms with Crippen molar-refractivity contribution in [1.29, 1.82) is 0 Å². The molecule has 2 aliphatic rings. The van der Waals surface area contributed by atoms with E-state index in [9.17, 15) is 9.18 Å². The predicted molar refractivity (Wildman–Crippen MR) is 116 cm³/mol. The number of nitrogens with zero attached hydrogens (tertiary/aromatic N) is 3. The van der Waals surface area contributed by atoms with Crippen LogP contribution in [0, 0.1) is 5.82 Å². The van der Waals surface area contributed by atoms with Crippen molar-refractivity contribution in [2.75, 3.05) is 26.3 Å². The van der Waals surface area contributed by atoms with Crippen molar-refractivity contribution in [3.05, 3.63) is 65.9 Å². The number of rotatable bonds is 4. The Bertz CT molecular complexity index is 1100. The molecule has 6 nitrogen and oxygen atoms in total. The molecule has 7 heteroatoms. The maximum atomic E-state index is 13.8. The van der Waals surface area contributed by atoms with E-state index in [0.29, 0.717) is 26.2 Å². The number of carbonyl (C=O) groups is 1. The van der Waals surface area contributed by atoms with Crippen molar-refractivity contribution in [2.24, 2.45) is 0 Å². The number of ether oxygens (including phenoxy) is 1. The molecule has 2 aromatic heterocycles. The first-order chi connectivity index (χ1) is 15.1. The summed E-state index contributed by atoms with van der Waals surface area (Å²) in [6, 6.07) is 9.01. The summed E-state index contributed by atoms with van der Waals surface area (Å²) in [4.78, 5) is 19.1. The Morgan fingerprint density at radius 1 is 1.35 bits per heavy atom. The topological polar surface area (TPSA) is 59.4 Å². The number of carbonyl (C=O) groups excluding carboxylic acids is 1. The third kappa shape index (κ3) is 3.72. The summed E-state index contributed by atoms with van der Waals surface area (Å²) in [6.07, 6.45) is 6.16. The molecular weight excluding hydrogens is 395 g/mol. The maximum absolute atomic E-state index is 13.8. The number of halogens is 1. The number of amides is 1. The minimum absolute atomic E-state index is 0.0336. The fourth-order valence-electron chi connectivity index (χ4n) is 5.17. The highest BCUT2D eigenvalue weighted by Crippen LogP contribution is 2.38. The molecule has 31 heavy (non-hydrogen) atoms. The summed E-state index contributed by atoms with van der Waals surface area (Å²) >= 11 is 0. The van der Waals surface area contributed by atoms with Gasteiger partial charge in [-0.1, -0.05) is 6.07 Å². The van der Waals surface area contributed by atoms with Crippen LogP contribution in [0.15, 0.2) is 48.9 Å². The van der Waals surface area contributed by atoms with E-state index in [-0.39, 0.29) is 17.6 Å². The molecule has 0 saturated carbocycles. The van der Waals surface area contributed by atoms with Gasteiger partial charge < -0.3 is 14.6 Å². The van der Waals surface area contributed by atoms with Crippen molar-refractivity contribution < 1.29 is 13.9 Å². The first-order valence-corrected chi connectivity index (χ1v) is 10.9. The lowest BCUT2D eigenvalue weighted by Crippen LogP contribution is -2.55. The number of pyridine rings is 1. The molecule has 1 N–H and O–H groups in total. The largest absolute Gasteiger partial charge is 0.378 e. The predicted octanol–water partition coefficient (Wildman–Crippen LogP) is 3.07. The van der Waals surface area contributed by atoms with Crippen molar-refractivity contribution in [3.63, 3.8) is 0 Å². The average molecular weight is 423 g/mol. The van der Waals surface area contributed by atoms with Crippen LogP contribution in [0.4, 0.5) is 4.39 Å². The number of hydrogen-bond donors (Lipinski definition) is 1. The van der Waals surface area contributed by atoms with Gasteiger partial charge in [0.25, 0.3) is 0 Å². The molecule has 5 rings (SSSR count). The van der Waals surface area contributed by atoms with Gasteiger partial charge in [0.05, 0.1) is 24.3 Å². The van der Waals surface area contributed by atoms with Crippen LogP contribution >= 0.6 is 0 Å². The fraction of sp³-hybridized carbons (Fsp3) is 0.417. The zero-order valence-corrected chi connectivity index (χ0v) is 17.7. The standard InChI is InChI=1S/C24H27FN4O2/c1-2-29-13-18(20-6-5-19(25)10-22(20)29)12-28-14-21(17-4-3-8-26-11-17)24(15-28)16-31-9-7-23(30)27-24/h3-6,8,10-11,13,21H,2,7,9,12,14-16H2,1H3,(H,27,30)/t21-,24-/m0/s1. The average Bonchev–Trinajstić information content (AvgIpc) is 3.22. The quantitative estimate of drug-likeness (QED) is 0.702. The number of likely N-dealkylation sites (tertiary alicyclic amines) is 1. The molecule has 1 aromatic carbocycles. The van der Waals surface area contributed by atoms with Gasteiger partial charge in [-0.05, 0) is 42.3 Å². The molecule has 0 unspecified atom stereocenters. The van der Waals surface area contributed by atoms with Gasteiger partial charge in [0.15, 0.2) is 0 Å². The van der Waals surface area contributed by atoms with Gasteiger partial charge in [-0.15, -0.1) is 0 Å². The number of aromatic nitrogens is 2. The molecule has 3 aromatic rings. The van der Waals surface area contributed by atoms with E-state index < -0.39 is 5.54 Å². The van der Waals surface area contributed by atoms with E-state index in [1.165, 1.54) is 11.6 Å². The van der Waals surface area contributed by atoms with Gasteiger partial charge >= 0.3 is 0 Å². The molecule has 162 valence electrons. The molecule has 2 aliphatic heterocycles. The third-order valence-electron chi connectivity index (χ3n) is 6.58. The second-order valence-electron chi connectivity index (χ2n) is 8.62. The number of fused-ring (bicyclic) bond motifs is 1. The molecule has 0 radical (unpaired) electrons. The molecule has 2 saturated heterocycles. The minimum Gasteiger partial charge on any atom is -0.378 e. The molecule has 2 atom stereocenters. The number of hydrogen-bond acceptors (Lipinski definition) is 4. The van der Waals surface area contributed by atoms with Crippen LogP contribution in [0.3, 0.4) is 0 Å². The van der Waals surface area contributed by atoms with Gasteiger partial charge in [0, 0.05) is 62.5 Å². The summed E-state index contributed by atoms with van der Waals surface area (Å²) in [7, 11) is 0. The van der Waals surface area contributed by atoms with E-state index in [0.717, 1.165) is 36.1 Å². The van der Waals surface area contributed by atoms with E-state index in [4.69, 9.17) is 4.74 Å². The lowest BCUT2D eigenvalue weighted by molar-refractivity contribution is -0.122. The number of aryl methyl sites for hydroxylation is 1. The van der Waals surface area contributed by atoms with Crippen molar-refractivity contribution in [3.8, 4) is 0 Å². The maximum Gasteiger partial charge on any atom is 0.222 e. The molecule has 0 bridgehead atoms. The van der Waals surface area contributed by atoms with Crippen LogP contribution in [-0.4, -0.2) is 52.2 Å². The fourth-order valence-corrected chi connectivity index (χ4v) is 5.17. The zero-order chi connectivity index (χ0) is 21.4. The van der Waals surface area contributed by atoms with Crippen LogP contribution in [-0.2, 0) is 22.6 Å². The SMILES string of the molecule is CCn1cc(CN2C[C@@H](c3cccnc3)[C@@]3(COCCC(=O)N3)C2)c2ccc(F)cc21. The van der Waals surface area contributed by atoms with E-state index >= 15 is 0 Å². The second kappa shape index (κ2) is 8.05. The molecule has 4 heterocycles.